The summed E-state index contributed by atoms with van der Waals surface area (Å²) < 4.78 is 0. The maximum Gasteiger partial charge on any atom is 0.0580 e. The topological polar surface area (TPSA) is 35.5 Å². The number of nitrogens with zero attached hydrogens (tertiary/aromatic N) is 1. The quantitative estimate of drug-likeness (QED) is 0.779. The van der Waals surface area contributed by atoms with E-state index in [1.165, 1.54) is 38.5 Å². The fourth-order valence-electron chi connectivity index (χ4n) is 4.15. The number of nitrogens with one attached hydrogen (secondary N) is 1. The van der Waals surface area contributed by atoms with Crippen molar-refractivity contribution in [1.29, 1.82) is 0 Å². The van der Waals surface area contributed by atoms with E-state index in [9.17, 15) is 5.11 Å². The minimum atomic E-state index is -0.0366. The predicted molar refractivity (Wildman–Crippen MR) is 68.9 cm³/mol. The van der Waals surface area contributed by atoms with Gasteiger partial charge in [0.2, 0.25) is 0 Å². The average molecular weight is 238 g/mol. The number of hydrogen-bond acceptors (Lipinski definition) is 3. The molecule has 2 heterocycles. The fourth-order valence-corrected chi connectivity index (χ4v) is 4.15. The van der Waals surface area contributed by atoms with Crippen LogP contribution < -0.4 is 5.32 Å². The minimum absolute atomic E-state index is 0.0366. The highest BCUT2D eigenvalue weighted by Gasteiger charge is 2.38. The van der Waals surface area contributed by atoms with E-state index in [2.05, 4.69) is 17.3 Å². The Hall–Kier alpha value is -0.120. The molecule has 0 aromatic rings. The molecule has 98 valence electrons. The molecule has 3 heteroatoms. The van der Waals surface area contributed by atoms with Gasteiger partial charge in [-0.1, -0.05) is 6.42 Å². The number of piperidine rings is 1. The molecule has 3 aliphatic rings. The highest BCUT2D eigenvalue weighted by molar-refractivity contribution is 4.96. The van der Waals surface area contributed by atoms with Gasteiger partial charge < -0.3 is 15.3 Å². The van der Waals surface area contributed by atoms with Crippen molar-refractivity contribution in [3.05, 3.63) is 0 Å². The van der Waals surface area contributed by atoms with Gasteiger partial charge in [-0.3, -0.25) is 0 Å². The van der Waals surface area contributed by atoms with Crippen LogP contribution in [-0.4, -0.2) is 47.8 Å². The highest BCUT2D eigenvalue weighted by Crippen LogP contribution is 2.34. The molecule has 3 rings (SSSR count). The van der Waals surface area contributed by atoms with Gasteiger partial charge in [-0.2, -0.15) is 0 Å². The summed E-state index contributed by atoms with van der Waals surface area (Å²) in [6.07, 6.45) is 8.83. The van der Waals surface area contributed by atoms with Crippen molar-refractivity contribution in [2.75, 3.05) is 13.6 Å². The summed E-state index contributed by atoms with van der Waals surface area (Å²) >= 11 is 0. The van der Waals surface area contributed by atoms with Crippen molar-refractivity contribution in [3.8, 4) is 0 Å². The van der Waals surface area contributed by atoms with Crippen LogP contribution in [-0.2, 0) is 0 Å². The zero-order valence-corrected chi connectivity index (χ0v) is 10.9. The molecule has 4 unspecified atom stereocenters. The van der Waals surface area contributed by atoms with Gasteiger partial charge in [0.15, 0.2) is 0 Å². The molecule has 2 bridgehead atoms. The Morgan fingerprint density at radius 1 is 1.12 bits per heavy atom. The lowest BCUT2D eigenvalue weighted by molar-refractivity contribution is 0.116. The van der Waals surface area contributed by atoms with Crippen molar-refractivity contribution in [1.82, 2.24) is 10.2 Å². The van der Waals surface area contributed by atoms with E-state index < -0.39 is 0 Å². The Morgan fingerprint density at radius 2 is 1.82 bits per heavy atom. The minimum Gasteiger partial charge on any atom is -0.393 e. The van der Waals surface area contributed by atoms with E-state index in [0.29, 0.717) is 12.0 Å². The Morgan fingerprint density at radius 3 is 2.41 bits per heavy atom. The molecule has 0 aromatic carbocycles. The summed E-state index contributed by atoms with van der Waals surface area (Å²) in [5.74, 6) is 0.521. The Bertz CT molecular complexity index is 257. The number of hydrogen-bond donors (Lipinski definition) is 2. The van der Waals surface area contributed by atoms with Gasteiger partial charge >= 0.3 is 0 Å². The third-order valence-electron chi connectivity index (χ3n) is 5.39. The molecule has 0 radical (unpaired) electrons. The lowest BCUT2D eigenvalue weighted by atomic mass is 9.97. The first kappa shape index (κ1) is 11.9. The van der Waals surface area contributed by atoms with Crippen LogP contribution in [0.2, 0.25) is 0 Å². The number of aliphatic hydroxyl groups excluding tert-OH is 1. The van der Waals surface area contributed by atoms with Crippen LogP contribution in [0.4, 0.5) is 0 Å². The SMILES string of the molecule is CN1C2CCC1CC(NCC1CCCC1O)C2. The van der Waals surface area contributed by atoms with Crippen LogP contribution in [0.25, 0.3) is 0 Å². The van der Waals surface area contributed by atoms with Gasteiger partial charge in [-0.15, -0.1) is 0 Å². The van der Waals surface area contributed by atoms with Crippen LogP contribution in [0.5, 0.6) is 0 Å². The normalized spacial score (nSPS) is 46.6. The Kier molecular flexibility index (Phi) is 3.42. The van der Waals surface area contributed by atoms with Crippen LogP contribution in [0.3, 0.4) is 0 Å². The molecule has 1 saturated carbocycles. The lowest BCUT2D eigenvalue weighted by Gasteiger charge is -2.37. The van der Waals surface area contributed by atoms with E-state index >= 15 is 0 Å². The van der Waals surface area contributed by atoms with Crippen molar-refractivity contribution in [3.63, 3.8) is 0 Å². The first-order chi connectivity index (χ1) is 8.24. The molecule has 3 nitrogen and oxygen atoms in total. The van der Waals surface area contributed by atoms with Crippen LogP contribution >= 0.6 is 0 Å². The summed E-state index contributed by atoms with van der Waals surface area (Å²) in [7, 11) is 2.29. The molecule has 3 fully saturated rings. The summed E-state index contributed by atoms with van der Waals surface area (Å²) in [5, 5.41) is 13.6. The zero-order valence-electron chi connectivity index (χ0n) is 10.9. The van der Waals surface area contributed by atoms with E-state index in [1.807, 2.05) is 0 Å². The molecule has 2 saturated heterocycles. The predicted octanol–water partition coefficient (Wildman–Crippen LogP) is 1.36. The first-order valence-electron chi connectivity index (χ1n) is 7.37. The average Bonchev–Trinajstić information content (AvgIpc) is 2.78. The van der Waals surface area contributed by atoms with Gasteiger partial charge in [0.05, 0.1) is 6.10 Å². The first-order valence-corrected chi connectivity index (χ1v) is 7.37. The van der Waals surface area contributed by atoms with E-state index in [0.717, 1.165) is 25.0 Å². The van der Waals surface area contributed by atoms with Gasteiger partial charge in [0.1, 0.15) is 0 Å². The smallest absolute Gasteiger partial charge is 0.0580 e. The van der Waals surface area contributed by atoms with E-state index in [1.54, 1.807) is 0 Å². The standard InChI is InChI=1S/C14H26N2O/c1-16-12-5-6-13(16)8-11(7-12)15-9-10-3-2-4-14(10)17/h10-15,17H,2-9H2,1H3. The molecular formula is C14H26N2O. The summed E-state index contributed by atoms with van der Waals surface area (Å²) in [5.41, 5.74) is 0. The molecule has 17 heavy (non-hydrogen) atoms. The lowest BCUT2D eigenvalue weighted by Crippen LogP contribution is -2.48. The maximum atomic E-state index is 9.83. The van der Waals surface area contributed by atoms with Gasteiger partial charge in [-0.05, 0) is 51.5 Å². The number of rotatable bonds is 3. The second kappa shape index (κ2) is 4.87. The second-order valence-electron chi connectivity index (χ2n) is 6.39. The van der Waals surface area contributed by atoms with E-state index in [-0.39, 0.29) is 6.10 Å². The van der Waals surface area contributed by atoms with Crippen molar-refractivity contribution in [2.24, 2.45) is 5.92 Å². The summed E-state index contributed by atoms with van der Waals surface area (Å²) in [4.78, 5) is 2.59. The zero-order chi connectivity index (χ0) is 11.8. The van der Waals surface area contributed by atoms with Crippen LogP contribution in [0, 0.1) is 5.92 Å². The summed E-state index contributed by atoms with van der Waals surface area (Å²) in [6.45, 7) is 1.04. The summed E-state index contributed by atoms with van der Waals surface area (Å²) in [6, 6.07) is 2.34. The molecule has 0 aromatic heterocycles. The largest absolute Gasteiger partial charge is 0.393 e. The third kappa shape index (κ3) is 2.38. The van der Waals surface area contributed by atoms with Crippen molar-refractivity contribution in [2.45, 2.75) is 69.2 Å². The van der Waals surface area contributed by atoms with Crippen molar-refractivity contribution >= 4 is 0 Å². The van der Waals surface area contributed by atoms with Crippen LogP contribution in [0.1, 0.15) is 44.9 Å². The molecule has 0 spiro atoms. The Labute approximate surface area is 105 Å². The number of fused-ring (bicyclic) bond motifs is 2. The molecule has 1 aliphatic carbocycles. The third-order valence-corrected chi connectivity index (χ3v) is 5.39. The molecule has 0 amide bonds. The van der Waals surface area contributed by atoms with Gasteiger partial charge in [-0.25, -0.2) is 0 Å². The molecule has 4 atom stereocenters. The molecular weight excluding hydrogens is 212 g/mol. The van der Waals surface area contributed by atoms with E-state index in [4.69, 9.17) is 0 Å². The number of aliphatic hydroxyl groups is 1. The van der Waals surface area contributed by atoms with Crippen LogP contribution in [0.15, 0.2) is 0 Å². The highest BCUT2D eigenvalue weighted by atomic mass is 16.3. The van der Waals surface area contributed by atoms with Gasteiger partial charge in [0, 0.05) is 24.7 Å². The molecule has 2 N–H and O–H groups in total. The second-order valence-corrected chi connectivity index (χ2v) is 6.39. The van der Waals surface area contributed by atoms with Gasteiger partial charge in [0.25, 0.3) is 0 Å². The maximum absolute atomic E-state index is 9.83. The van der Waals surface area contributed by atoms with Crippen molar-refractivity contribution < 1.29 is 5.11 Å². The monoisotopic (exact) mass is 238 g/mol. The molecule has 2 aliphatic heterocycles. The fraction of sp³-hybridized carbons (Fsp3) is 1.00. The Balaban J connectivity index is 1.47.